The van der Waals surface area contributed by atoms with Gasteiger partial charge in [-0.3, -0.25) is 9.36 Å². The summed E-state index contributed by atoms with van der Waals surface area (Å²) < 4.78 is 1.67. The molecule has 1 aliphatic carbocycles. The Morgan fingerprint density at radius 2 is 2.39 bits per heavy atom. The van der Waals surface area contributed by atoms with Crippen molar-refractivity contribution in [3.63, 3.8) is 0 Å². The van der Waals surface area contributed by atoms with Crippen molar-refractivity contribution in [1.29, 1.82) is 0 Å². The van der Waals surface area contributed by atoms with Crippen LogP contribution in [0.5, 0.6) is 0 Å². The van der Waals surface area contributed by atoms with E-state index >= 15 is 0 Å². The van der Waals surface area contributed by atoms with Gasteiger partial charge in [0.15, 0.2) is 5.16 Å². The number of hydrogen-bond donors (Lipinski definition) is 0. The fraction of sp³-hybridized carbons (Fsp3) is 0.385. The number of aromatic nitrogens is 2. The summed E-state index contributed by atoms with van der Waals surface area (Å²) in [6.45, 7) is 3.70. The van der Waals surface area contributed by atoms with E-state index in [2.05, 4.69) is 11.6 Å². The third-order valence-corrected chi connectivity index (χ3v) is 5.45. The smallest absolute Gasteiger partial charge is 0.262 e. The molecule has 0 saturated heterocycles. The van der Waals surface area contributed by atoms with Gasteiger partial charge in [-0.15, -0.1) is 17.9 Å². The van der Waals surface area contributed by atoms with Crippen molar-refractivity contribution in [3.8, 4) is 0 Å². The lowest BCUT2D eigenvalue weighted by molar-refractivity contribution is 0.727. The molecule has 0 radical (unpaired) electrons. The second-order valence-corrected chi connectivity index (χ2v) is 6.47. The fourth-order valence-electron chi connectivity index (χ4n) is 2.37. The molecule has 1 aliphatic rings. The van der Waals surface area contributed by atoms with Crippen LogP contribution in [0.4, 0.5) is 0 Å². The molecule has 0 bridgehead atoms. The Hall–Kier alpha value is -1.07. The largest absolute Gasteiger partial charge is 0.290 e. The van der Waals surface area contributed by atoms with Crippen LogP contribution in [0.15, 0.2) is 22.6 Å². The van der Waals surface area contributed by atoms with Gasteiger partial charge < -0.3 is 0 Å². The molecule has 2 aromatic rings. The van der Waals surface area contributed by atoms with Crippen LogP contribution in [0.3, 0.4) is 0 Å². The molecule has 0 aromatic carbocycles. The number of thiophene rings is 1. The number of thioether (sulfide) groups is 1. The highest BCUT2D eigenvalue weighted by atomic mass is 32.2. The lowest BCUT2D eigenvalue weighted by Gasteiger charge is -2.05. The van der Waals surface area contributed by atoms with Crippen LogP contribution in [0, 0.1) is 0 Å². The fourth-order valence-corrected chi connectivity index (χ4v) is 4.38. The van der Waals surface area contributed by atoms with Crippen molar-refractivity contribution in [3.05, 3.63) is 33.4 Å². The average Bonchev–Trinajstić information content (AvgIpc) is 2.91. The summed E-state index contributed by atoms with van der Waals surface area (Å²) in [4.78, 5) is 19.3. The quantitative estimate of drug-likeness (QED) is 0.492. The average molecular weight is 278 g/mol. The lowest BCUT2D eigenvalue weighted by Crippen LogP contribution is -2.20. The predicted molar refractivity (Wildman–Crippen MR) is 77.8 cm³/mol. The molecule has 0 spiro atoms. The van der Waals surface area contributed by atoms with Crippen LogP contribution < -0.4 is 5.56 Å². The van der Waals surface area contributed by atoms with Gasteiger partial charge in [0.25, 0.3) is 5.56 Å². The SMILES string of the molecule is C=CCSc1nc2sc3c(c2c(=O)n1C)CCC3. The molecule has 2 aromatic heterocycles. The molecule has 94 valence electrons. The minimum Gasteiger partial charge on any atom is -0.290 e. The Morgan fingerprint density at radius 3 is 3.17 bits per heavy atom. The van der Waals surface area contributed by atoms with Crippen LogP contribution in [-0.4, -0.2) is 15.3 Å². The lowest BCUT2D eigenvalue weighted by atomic mass is 10.2. The molecule has 0 aliphatic heterocycles. The Kier molecular flexibility index (Phi) is 3.03. The minimum absolute atomic E-state index is 0.103. The first-order valence-corrected chi connectivity index (χ1v) is 7.77. The molecule has 0 saturated carbocycles. The molecule has 3 nitrogen and oxygen atoms in total. The van der Waals surface area contributed by atoms with Gasteiger partial charge in [-0.25, -0.2) is 4.98 Å². The van der Waals surface area contributed by atoms with Gasteiger partial charge in [-0.1, -0.05) is 17.8 Å². The van der Waals surface area contributed by atoms with Crippen LogP contribution in [0.2, 0.25) is 0 Å². The van der Waals surface area contributed by atoms with E-state index in [1.807, 2.05) is 6.08 Å². The number of aryl methyl sites for hydroxylation is 2. The zero-order valence-corrected chi connectivity index (χ0v) is 11.9. The normalized spacial score (nSPS) is 14.1. The molecule has 3 rings (SSSR count). The van der Waals surface area contributed by atoms with E-state index in [0.717, 1.165) is 34.0 Å². The van der Waals surface area contributed by atoms with Crippen molar-refractivity contribution in [2.24, 2.45) is 7.05 Å². The summed E-state index contributed by atoms with van der Waals surface area (Å²) in [5, 5.41) is 1.64. The van der Waals surface area contributed by atoms with Gasteiger partial charge in [0, 0.05) is 17.7 Å². The number of rotatable bonds is 3. The van der Waals surface area contributed by atoms with Gasteiger partial charge in [0.2, 0.25) is 0 Å². The molecule has 0 N–H and O–H groups in total. The zero-order valence-electron chi connectivity index (χ0n) is 10.2. The standard InChI is InChI=1S/C13H14N2OS2/c1-3-7-17-13-14-11-10(12(16)15(13)2)8-5-4-6-9(8)18-11/h3H,1,4-7H2,2H3. The van der Waals surface area contributed by atoms with E-state index < -0.39 is 0 Å². The first-order valence-electron chi connectivity index (χ1n) is 5.97. The van der Waals surface area contributed by atoms with Gasteiger partial charge in [-0.05, 0) is 24.8 Å². The van der Waals surface area contributed by atoms with Crippen molar-refractivity contribution >= 4 is 33.3 Å². The molecule has 2 heterocycles. The van der Waals surface area contributed by atoms with E-state index in [1.54, 1.807) is 34.7 Å². The third kappa shape index (κ3) is 1.73. The van der Waals surface area contributed by atoms with Crippen molar-refractivity contribution in [2.45, 2.75) is 24.4 Å². The first-order chi connectivity index (χ1) is 8.72. The molecule has 0 fully saturated rings. The Labute approximate surface area is 114 Å². The van der Waals surface area contributed by atoms with Gasteiger partial charge >= 0.3 is 0 Å². The summed E-state index contributed by atoms with van der Waals surface area (Å²) in [7, 11) is 1.80. The van der Waals surface area contributed by atoms with Crippen LogP contribution in [0.1, 0.15) is 16.9 Å². The summed E-state index contributed by atoms with van der Waals surface area (Å²) >= 11 is 3.25. The van der Waals surface area contributed by atoms with E-state index in [9.17, 15) is 4.79 Å². The molecule has 0 unspecified atom stereocenters. The molecule has 5 heteroatoms. The maximum Gasteiger partial charge on any atom is 0.262 e. The van der Waals surface area contributed by atoms with Crippen molar-refractivity contribution < 1.29 is 0 Å². The second-order valence-electron chi connectivity index (χ2n) is 4.40. The predicted octanol–water partition coefficient (Wildman–Crippen LogP) is 2.76. The number of hydrogen-bond acceptors (Lipinski definition) is 4. The van der Waals surface area contributed by atoms with E-state index in [0.29, 0.717) is 0 Å². The van der Waals surface area contributed by atoms with E-state index in [4.69, 9.17) is 0 Å². The molecular formula is C13H14N2OS2. The van der Waals surface area contributed by atoms with Crippen molar-refractivity contribution in [1.82, 2.24) is 9.55 Å². The molecular weight excluding hydrogens is 264 g/mol. The summed E-state index contributed by atoms with van der Waals surface area (Å²) in [5.41, 5.74) is 1.36. The van der Waals surface area contributed by atoms with E-state index in [-0.39, 0.29) is 5.56 Å². The monoisotopic (exact) mass is 278 g/mol. The first kappa shape index (κ1) is 12.0. The summed E-state index contributed by atoms with van der Waals surface area (Å²) in [6, 6.07) is 0. The zero-order chi connectivity index (χ0) is 12.7. The topological polar surface area (TPSA) is 34.9 Å². The van der Waals surface area contributed by atoms with E-state index in [1.165, 1.54) is 16.9 Å². The molecule has 18 heavy (non-hydrogen) atoms. The Balaban J connectivity index is 2.23. The minimum atomic E-state index is 0.103. The molecule has 0 amide bonds. The van der Waals surface area contributed by atoms with Crippen LogP contribution in [-0.2, 0) is 19.9 Å². The highest BCUT2D eigenvalue weighted by Gasteiger charge is 2.22. The Morgan fingerprint density at radius 1 is 1.56 bits per heavy atom. The highest BCUT2D eigenvalue weighted by Crippen LogP contribution is 2.35. The second kappa shape index (κ2) is 4.55. The molecule has 0 atom stereocenters. The maximum absolute atomic E-state index is 12.4. The number of nitrogens with zero attached hydrogens (tertiary/aromatic N) is 2. The van der Waals surface area contributed by atoms with Gasteiger partial charge in [0.1, 0.15) is 4.83 Å². The van der Waals surface area contributed by atoms with Crippen LogP contribution >= 0.6 is 23.1 Å². The summed E-state index contributed by atoms with van der Waals surface area (Å²) in [6.07, 6.45) is 5.14. The van der Waals surface area contributed by atoms with Crippen molar-refractivity contribution in [2.75, 3.05) is 5.75 Å². The Bertz CT molecular complexity index is 684. The van der Waals surface area contributed by atoms with Gasteiger partial charge in [-0.2, -0.15) is 0 Å². The highest BCUT2D eigenvalue weighted by molar-refractivity contribution is 7.99. The number of fused-ring (bicyclic) bond motifs is 3. The summed E-state index contributed by atoms with van der Waals surface area (Å²) in [5.74, 6) is 0.775. The van der Waals surface area contributed by atoms with Crippen LogP contribution in [0.25, 0.3) is 10.2 Å². The maximum atomic E-state index is 12.4. The van der Waals surface area contributed by atoms with Gasteiger partial charge in [0.05, 0.1) is 5.39 Å². The third-order valence-electron chi connectivity index (χ3n) is 3.24.